The van der Waals surface area contributed by atoms with Gasteiger partial charge in [-0.2, -0.15) is 5.10 Å². The Bertz CT molecular complexity index is 835. The minimum absolute atomic E-state index is 0.195. The SMILES string of the molecule is COc1ccc(CC(=O)N/N=C(/c2ccccc2)c2ccccn2)cc1. The molecule has 5 nitrogen and oxygen atoms in total. The van der Waals surface area contributed by atoms with E-state index in [0.717, 1.165) is 16.9 Å². The number of aromatic nitrogens is 1. The van der Waals surface area contributed by atoms with E-state index < -0.39 is 0 Å². The molecule has 0 unspecified atom stereocenters. The zero-order chi connectivity index (χ0) is 18.2. The van der Waals surface area contributed by atoms with Crippen molar-refractivity contribution in [1.82, 2.24) is 10.4 Å². The number of methoxy groups -OCH3 is 1. The smallest absolute Gasteiger partial charge is 0.244 e. The highest BCUT2D eigenvalue weighted by molar-refractivity contribution is 6.11. The summed E-state index contributed by atoms with van der Waals surface area (Å²) in [5.74, 6) is 0.563. The average Bonchev–Trinajstić information content (AvgIpc) is 2.70. The number of nitrogens with one attached hydrogen (secondary N) is 1. The Balaban J connectivity index is 1.76. The van der Waals surface area contributed by atoms with Crippen LogP contribution in [-0.4, -0.2) is 23.7 Å². The quantitative estimate of drug-likeness (QED) is 0.551. The normalized spacial score (nSPS) is 11.0. The highest BCUT2D eigenvalue weighted by Crippen LogP contribution is 2.12. The summed E-state index contributed by atoms with van der Waals surface area (Å²) in [4.78, 5) is 16.6. The number of hydrogen-bond acceptors (Lipinski definition) is 4. The van der Waals surface area contributed by atoms with Crippen LogP contribution in [0.4, 0.5) is 0 Å². The average molecular weight is 345 g/mol. The van der Waals surface area contributed by atoms with Crippen LogP contribution in [0.5, 0.6) is 5.75 Å². The van der Waals surface area contributed by atoms with Gasteiger partial charge in [0.2, 0.25) is 5.91 Å². The molecule has 1 N–H and O–H groups in total. The molecule has 1 heterocycles. The van der Waals surface area contributed by atoms with Crippen LogP contribution in [0.25, 0.3) is 0 Å². The number of hydrogen-bond donors (Lipinski definition) is 1. The zero-order valence-electron chi connectivity index (χ0n) is 14.4. The summed E-state index contributed by atoms with van der Waals surface area (Å²) in [5, 5.41) is 4.32. The van der Waals surface area contributed by atoms with Gasteiger partial charge in [0.1, 0.15) is 11.5 Å². The number of hydrazone groups is 1. The summed E-state index contributed by atoms with van der Waals surface area (Å²) in [6.07, 6.45) is 1.94. The molecule has 0 fully saturated rings. The van der Waals surface area contributed by atoms with E-state index in [9.17, 15) is 4.79 Å². The number of ether oxygens (including phenoxy) is 1. The van der Waals surface area contributed by atoms with Crippen molar-refractivity contribution >= 4 is 11.6 Å². The summed E-state index contributed by atoms with van der Waals surface area (Å²) < 4.78 is 5.12. The summed E-state index contributed by atoms with van der Waals surface area (Å²) in [6.45, 7) is 0. The summed E-state index contributed by atoms with van der Waals surface area (Å²) in [5.41, 5.74) is 5.72. The van der Waals surface area contributed by atoms with Crippen LogP contribution in [0, 0.1) is 0 Å². The number of carbonyl (C=O) groups excluding carboxylic acids is 1. The molecule has 1 amide bonds. The van der Waals surface area contributed by atoms with E-state index in [1.807, 2.05) is 72.8 Å². The fourth-order valence-corrected chi connectivity index (χ4v) is 2.46. The van der Waals surface area contributed by atoms with E-state index in [1.54, 1.807) is 13.3 Å². The molecule has 5 heteroatoms. The predicted octanol–water partition coefficient (Wildman–Crippen LogP) is 3.20. The van der Waals surface area contributed by atoms with E-state index in [1.165, 1.54) is 0 Å². The first kappa shape index (κ1) is 17.4. The number of nitrogens with zero attached hydrogens (tertiary/aromatic N) is 2. The van der Waals surface area contributed by atoms with Crippen molar-refractivity contribution in [1.29, 1.82) is 0 Å². The predicted molar refractivity (Wildman–Crippen MR) is 101 cm³/mol. The first-order chi connectivity index (χ1) is 12.8. The molecule has 0 saturated carbocycles. The molecular weight excluding hydrogens is 326 g/mol. The molecule has 130 valence electrons. The minimum atomic E-state index is -0.195. The highest BCUT2D eigenvalue weighted by Gasteiger charge is 2.09. The van der Waals surface area contributed by atoms with Crippen molar-refractivity contribution in [2.45, 2.75) is 6.42 Å². The monoisotopic (exact) mass is 345 g/mol. The zero-order valence-corrected chi connectivity index (χ0v) is 14.4. The molecule has 3 rings (SSSR count). The van der Waals surface area contributed by atoms with Gasteiger partial charge in [-0.05, 0) is 29.8 Å². The fourth-order valence-electron chi connectivity index (χ4n) is 2.46. The van der Waals surface area contributed by atoms with Crippen LogP contribution in [0.2, 0.25) is 0 Å². The second-order valence-corrected chi connectivity index (χ2v) is 5.60. The van der Waals surface area contributed by atoms with Crippen molar-refractivity contribution in [3.63, 3.8) is 0 Å². The molecule has 0 aliphatic carbocycles. The highest BCUT2D eigenvalue weighted by atomic mass is 16.5. The second-order valence-electron chi connectivity index (χ2n) is 5.60. The molecule has 3 aromatic rings. The fraction of sp³-hybridized carbons (Fsp3) is 0.0952. The molecular formula is C21H19N3O2. The van der Waals surface area contributed by atoms with Crippen molar-refractivity contribution < 1.29 is 9.53 Å². The molecule has 0 radical (unpaired) electrons. The molecule has 0 spiro atoms. The van der Waals surface area contributed by atoms with E-state index in [-0.39, 0.29) is 12.3 Å². The number of pyridine rings is 1. The summed E-state index contributed by atoms with van der Waals surface area (Å²) in [6, 6.07) is 22.6. The van der Waals surface area contributed by atoms with Crippen molar-refractivity contribution in [2.75, 3.05) is 7.11 Å². The maximum absolute atomic E-state index is 12.3. The summed E-state index contributed by atoms with van der Waals surface area (Å²) in [7, 11) is 1.61. The second kappa shape index (κ2) is 8.58. The van der Waals surface area contributed by atoms with Crippen LogP contribution in [0.1, 0.15) is 16.8 Å². The van der Waals surface area contributed by atoms with E-state index in [0.29, 0.717) is 11.4 Å². The van der Waals surface area contributed by atoms with Gasteiger partial charge >= 0.3 is 0 Å². The molecule has 0 atom stereocenters. The van der Waals surface area contributed by atoms with Gasteiger partial charge in [0.15, 0.2) is 0 Å². The third-order valence-corrected chi connectivity index (χ3v) is 3.77. The van der Waals surface area contributed by atoms with Crippen LogP contribution in [0.3, 0.4) is 0 Å². The topological polar surface area (TPSA) is 63.6 Å². The van der Waals surface area contributed by atoms with Gasteiger partial charge in [0.05, 0.1) is 19.2 Å². The van der Waals surface area contributed by atoms with E-state index in [4.69, 9.17) is 4.74 Å². The molecule has 26 heavy (non-hydrogen) atoms. The Hall–Kier alpha value is -3.47. The van der Waals surface area contributed by atoms with Crippen LogP contribution < -0.4 is 10.2 Å². The number of amides is 1. The van der Waals surface area contributed by atoms with E-state index >= 15 is 0 Å². The third kappa shape index (κ3) is 4.54. The van der Waals surface area contributed by atoms with Crippen LogP contribution in [0.15, 0.2) is 84.1 Å². The molecule has 0 bridgehead atoms. The van der Waals surface area contributed by atoms with Gasteiger partial charge in [-0.25, -0.2) is 5.43 Å². The Labute approximate surface area is 152 Å². The molecule has 1 aromatic heterocycles. The lowest BCUT2D eigenvalue weighted by Crippen LogP contribution is -2.22. The molecule has 2 aromatic carbocycles. The minimum Gasteiger partial charge on any atom is -0.497 e. The lowest BCUT2D eigenvalue weighted by molar-refractivity contribution is -0.120. The maximum Gasteiger partial charge on any atom is 0.244 e. The first-order valence-corrected chi connectivity index (χ1v) is 8.22. The van der Waals surface area contributed by atoms with E-state index in [2.05, 4.69) is 15.5 Å². The lowest BCUT2D eigenvalue weighted by Gasteiger charge is -2.07. The Morgan fingerprint density at radius 2 is 1.73 bits per heavy atom. The van der Waals surface area contributed by atoms with Crippen LogP contribution in [-0.2, 0) is 11.2 Å². The Morgan fingerprint density at radius 3 is 2.38 bits per heavy atom. The van der Waals surface area contributed by atoms with Crippen molar-refractivity contribution in [3.05, 3.63) is 95.8 Å². The standard InChI is InChI=1S/C21H19N3O2/c1-26-18-12-10-16(11-13-18)15-20(25)23-24-21(17-7-3-2-4-8-17)19-9-5-6-14-22-19/h2-14H,15H2,1H3,(H,23,25)/b24-21-. The maximum atomic E-state index is 12.3. The third-order valence-electron chi connectivity index (χ3n) is 3.77. The number of carbonyl (C=O) groups is 1. The first-order valence-electron chi connectivity index (χ1n) is 8.22. The number of rotatable bonds is 6. The molecule has 0 saturated heterocycles. The lowest BCUT2D eigenvalue weighted by atomic mass is 10.1. The van der Waals surface area contributed by atoms with Crippen molar-refractivity contribution in [3.8, 4) is 5.75 Å². The van der Waals surface area contributed by atoms with Gasteiger partial charge in [-0.15, -0.1) is 0 Å². The Kier molecular flexibility index (Phi) is 5.72. The molecule has 0 aliphatic heterocycles. The van der Waals surface area contributed by atoms with Gasteiger partial charge in [0, 0.05) is 11.8 Å². The van der Waals surface area contributed by atoms with Gasteiger partial charge in [-0.3, -0.25) is 9.78 Å². The molecule has 0 aliphatic rings. The van der Waals surface area contributed by atoms with Gasteiger partial charge in [-0.1, -0.05) is 48.5 Å². The number of benzene rings is 2. The van der Waals surface area contributed by atoms with Crippen LogP contribution >= 0.6 is 0 Å². The largest absolute Gasteiger partial charge is 0.497 e. The summed E-state index contributed by atoms with van der Waals surface area (Å²) >= 11 is 0. The van der Waals surface area contributed by atoms with Crippen molar-refractivity contribution in [2.24, 2.45) is 5.10 Å². The Morgan fingerprint density at radius 1 is 1.00 bits per heavy atom. The van der Waals surface area contributed by atoms with Gasteiger partial charge in [0.25, 0.3) is 0 Å². The van der Waals surface area contributed by atoms with Gasteiger partial charge < -0.3 is 4.74 Å².